The Bertz CT molecular complexity index is 372. The first-order valence-corrected chi connectivity index (χ1v) is 7.13. The molecule has 4 nitrogen and oxygen atoms in total. The van der Waals surface area contributed by atoms with Crippen molar-refractivity contribution in [2.24, 2.45) is 17.6 Å². The second-order valence-electron chi connectivity index (χ2n) is 5.84. The van der Waals surface area contributed by atoms with Crippen molar-refractivity contribution in [3.05, 3.63) is 12.4 Å². The highest BCUT2D eigenvalue weighted by Gasteiger charge is 2.27. The molecule has 0 spiro atoms. The monoisotopic (exact) mass is 250 g/mol. The maximum absolute atomic E-state index is 6.17. The normalized spacial score (nSPS) is 24.8. The molecule has 18 heavy (non-hydrogen) atoms. The fourth-order valence-corrected chi connectivity index (χ4v) is 2.78. The highest BCUT2D eigenvalue weighted by atomic mass is 15.3. The Balaban J connectivity index is 2.09. The lowest BCUT2D eigenvalue weighted by Gasteiger charge is -2.37. The van der Waals surface area contributed by atoms with E-state index in [1.165, 1.54) is 0 Å². The molecule has 0 radical (unpaired) electrons. The Morgan fingerprint density at radius 1 is 1.50 bits per heavy atom. The van der Waals surface area contributed by atoms with E-state index in [0.717, 1.165) is 38.4 Å². The van der Waals surface area contributed by atoms with E-state index in [4.69, 9.17) is 5.73 Å². The fourth-order valence-electron chi connectivity index (χ4n) is 2.78. The van der Waals surface area contributed by atoms with Gasteiger partial charge in [-0.15, -0.1) is 0 Å². The lowest BCUT2D eigenvalue weighted by molar-refractivity contribution is 0.342. The molecule has 0 amide bonds. The van der Waals surface area contributed by atoms with Gasteiger partial charge < -0.3 is 15.2 Å². The van der Waals surface area contributed by atoms with Gasteiger partial charge in [-0.3, -0.25) is 0 Å². The molecule has 0 bridgehead atoms. The molecule has 4 heteroatoms. The molecule has 1 aromatic rings. The van der Waals surface area contributed by atoms with Crippen LogP contribution < -0.4 is 10.6 Å². The molecule has 2 atom stereocenters. The minimum Gasteiger partial charge on any atom is -0.342 e. The Labute approximate surface area is 110 Å². The maximum atomic E-state index is 6.17. The molecule has 1 saturated heterocycles. The summed E-state index contributed by atoms with van der Waals surface area (Å²) in [6, 6.07) is 0.361. The largest absolute Gasteiger partial charge is 0.342 e. The molecule has 2 rings (SSSR count). The van der Waals surface area contributed by atoms with Crippen molar-refractivity contribution in [2.75, 3.05) is 18.0 Å². The lowest BCUT2D eigenvalue weighted by atomic mass is 9.91. The van der Waals surface area contributed by atoms with Gasteiger partial charge in [-0.1, -0.05) is 27.2 Å². The van der Waals surface area contributed by atoms with E-state index in [9.17, 15) is 0 Å². The van der Waals surface area contributed by atoms with Crippen LogP contribution in [-0.4, -0.2) is 28.7 Å². The van der Waals surface area contributed by atoms with Crippen LogP contribution in [0.4, 0.5) is 5.95 Å². The van der Waals surface area contributed by atoms with E-state index in [0.29, 0.717) is 17.9 Å². The van der Waals surface area contributed by atoms with Crippen LogP contribution in [0.15, 0.2) is 12.4 Å². The van der Waals surface area contributed by atoms with Crippen LogP contribution in [-0.2, 0) is 6.54 Å². The van der Waals surface area contributed by atoms with E-state index in [2.05, 4.69) is 41.4 Å². The summed E-state index contributed by atoms with van der Waals surface area (Å²) in [5.74, 6) is 2.36. The van der Waals surface area contributed by atoms with Gasteiger partial charge in [0.15, 0.2) is 0 Å². The number of rotatable bonds is 4. The van der Waals surface area contributed by atoms with Gasteiger partial charge in [0, 0.05) is 38.1 Å². The third-order valence-electron chi connectivity index (χ3n) is 3.86. The van der Waals surface area contributed by atoms with Gasteiger partial charge in [0.2, 0.25) is 5.95 Å². The third-order valence-corrected chi connectivity index (χ3v) is 3.86. The molecule has 0 saturated carbocycles. The number of imidazole rings is 1. The molecule has 2 heterocycles. The summed E-state index contributed by atoms with van der Waals surface area (Å²) < 4.78 is 2.27. The third kappa shape index (κ3) is 2.86. The summed E-state index contributed by atoms with van der Waals surface area (Å²) in [5.41, 5.74) is 6.17. The minimum absolute atomic E-state index is 0.361. The molecule has 1 aromatic heterocycles. The average Bonchev–Trinajstić information content (AvgIpc) is 2.77. The number of hydrogen-bond acceptors (Lipinski definition) is 3. The summed E-state index contributed by atoms with van der Waals surface area (Å²) in [4.78, 5) is 6.94. The number of nitrogens with two attached hydrogens (primary N) is 1. The Kier molecular flexibility index (Phi) is 4.27. The molecular formula is C14H26N4. The predicted octanol–water partition coefficient (Wildman–Crippen LogP) is 2.10. The van der Waals surface area contributed by atoms with Crippen molar-refractivity contribution < 1.29 is 0 Å². The van der Waals surface area contributed by atoms with Crippen molar-refractivity contribution in [2.45, 2.75) is 46.2 Å². The number of nitrogens with zero attached hydrogens (tertiary/aromatic N) is 3. The van der Waals surface area contributed by atoms with Crippen LogP contribution in [0.5, 0.6) is 0 Å². The van der Waals surface area contributed by atoms with E-state index >= 15 is 0 Å². The van der Waals surface area contributed by atoms with Crippen molar-refractivity contribution in [1.82, 2.24) is 9.55 Å². The van der Waals surface area contributed by atoms with Crippen molar-refractivity contribution in [3.63, 3.8) is 0 Å². The second kappa shape index (κ2) is 5.74. The molecule has 1 aliphatic heterocycles. The highest BCUT2D eigenvalue weighted by Crippen LogP contribution is 2.23. The van der Waals surface area contributed by atoms with Crippen LogP contribution in [0.1, 0.15) is 33.6 Å². The molecule has 1 aliphatic rings. The van der Waals surface area contributed by atoms with Gasteiger partial charge in [0.25, 0.3) is 0 Å². The fraction of sp³-hybridized carbons (Fsp3) is 0.786. The smallest absolute Gasteiger partial charge is 0.205 e. The first-order valence-electron chi connectivity index (χ1n) is 7.13. The molecule has 0 aromatic carbocycles. The van der Waals surface area contributed by atoms with Gasteiger partial charge in [0.05, 0.1) is 0 Å². The molecule has 2 unspecified atom stereocenters. The van der Waals surface area contributed by atoms with Crippen LogP contribution in [0.2, 0.25) is 0 Å². The predicted molar refractivity (Wildman–Crippen MR) is 75.7 cm³/mol. The summed E-state index contributed by atoms with van der Waals surface area (Å²) in [5, 5.41) is 0. The van der Waals surface area contributed by atoms with Crippen LogP contribution in [0, 0.1) is 11.8 Å². The molecular weight excluding hydrogens is 224 g/mol. The maximum Gasteiger partial charge on any atom is 0.205 e. The van der Waals surface area contributed by atoms with E-state index in [-0.39, 0.29) is 0 Å². The number of hydrogen-bond donors (Lipinski definition) is 1. The zero-order valence-corrected chi connectivity index (χ0v) is 11.8. The molecule has 1 fully saturated rings. The summed E-state index contributed by atoms with van der Waals surface area (Å²) >= 11 is 0. The van der Waals surface area contributed by atoms with Crippen LogP contribution >= 0.6 is 0 Å². The number of piperidine rings is 1. The van der Waals surface area contributed by atoms with E-state index in [1.54, 1.807) is 0 Å². The first-order chi connectivity index (χ1) is 8.61. The zero-order chi connectivity index (χ0) is 13.1. The Morgan fingerprint density at radius 3 is 2.94 bits per heavy atom. The molecule has 102 valence electrons. The van der Waals surface area contributed by atoms with Gasteiger partial charge in [-0.25, -0.2) is 4.98 Å². The van der Waals surface area contributed by atoms with Crippen LogP contribution in [0.3, 0.4) is 0 Å². The topological polar surface area (TPSA) is 47.1 Å². The first kappa shape index (κ1) is 13.4. The second-order valence-corrected chi connectivity index (χ2v) is 5.84. The lowest BCUT2D eigenvalue weighted by Crippen LogP contribution is -2.47. The Morgan fingerprint density at radius 2 is 2.28 bits per heavy atom. The highest BCUT2D eigenvalue weighted by molar-refractivity contribution is 5.32. The van der Waals surface area contributed by atoms with Crippen molar-refractivity contribution >= 4 is 5.95 Å². The van der Waals surface area contributed by atoms with Gasteiger partial charge in [-0.2, -0.15) is 0 Å². The average molecular weight is 250 g/mol. The van der Waals surface area contributed by atoms with Crippen LogP contribution in [0.25, 0.3) is 0 Å². The quantitative estimate of drug-likeness (QED) is 0.890. The number of aromatic nitrogens is 2. The minimum atomic E-state index is 0.361. The number of anilines is 1. The SMILES string of the molecule is CCC1CN(c2nccn2CC(C)C)CCC1N. The van der Waals surface area contributed by atoms with Gasteiger partial charge in [-0.05, 0) is 18.3 Å². The van der Waals surface area contributed by atoms with Crippen molar-refractivity contribution in [1.29, 1.82) is 0 Å². The summed E-state index contributed by atoms with van der Waals surface area (Å²) in [7, 11) is 0. The summed E-state index contributed by atoms with van der Waals surface area (Å²) in [6.07, 6.45) is 6.23. The standard InChI is InChI=1S/C14H26N4/c1-4-12-10-17(7-5-13(12)15)14-16-6-8-18(14)9-11(2)3/h6,8,11-13H,4-5,7,9-10,15H2,1-3H3. The Hall–Kier alpha value is -1.03. The van der Waals surface area contributed by atoms with Gasteiger partial charge in [0.1, 0.15) is 0 Å². The van der Waals surface area contributed by atoms with E-state index in [1.807, 2.05) is 6.20 Å². The molecule has 0 aliphatic carbocycles. The summed E-state index contributed by atoms with van der Waals surface area (Å²) in [6.45, 7) is 9.83. The van der Waals surface area contributed by atoms with Gasteiger partial charge >= 0.3 is 0 Å². The zero-order valence-electron chi connectivity index (χ0n) is 11.8. The molecule has 2 N–H and O–H groups in total. The van der Waals surface area contributed by atoms with E-state index < -0.39 is 0 Å². The van der Waals surface area contributed by atoms with Crippen molar-refractivity contribution in [3.8, 4) is 0 Å².